The van der Waals surface area contributed by atoms with Crippen LogP contribution >= 0.6 is 0 Å². The number of anilines is 2. The molecule has 0 bridgehead atoms. The molecule has 0 spiro atoms. The molecule has 3 N–H and O–H groups in total. The van der Waals surface area contributed by atoms with E-state index in [0.717, 1.165) is 16.6 Å². The van der Waals surface area contributed by atoms with Gasteiger partial charge in [-0.25, -0.2) is 4.98 Å². The summed E-state index contributed by atoms with van der Waals surface area (Å²) < 4.78 is 1.46. The third-order valence-electron chi connectivity index (χ3n) is 5.22. The number of nitrogens with zero attached hydrogens (tertiary/aromatic N) is 4. The number of likely N-dealkylation sites (N-methyl/N-ethyl adjacent to an activating group) is 1. The largest absolute Gasteiger partial charge is 0.360 e. The summed E-state index contributed by atoms with van der Waals surface area (Å²) in [7, 11) is 1.55. The summed E-state index contributed by atoms with van der Waals surface area (Å²) in [5, 5.41) is 6.60. The molecule has 1 amide bonds. The van der Waals surface area contributed by atoms with Gasteiger partial charge in [-0.2, -0.15) is 0 Å². The lowest BCUT2D eigenvalue weighted by molar-refractivity contribution is -0.122. The molecule has 0 aliphatic carbocycles. The number of nitrogens with one attached hydrogen (secondary N) is 3. The van der Waals surface area contributed by atoms with Gasteiger partial charge in [0.25, 0.3) is 5.56 Å². The molecular formula is C22H23N7O2. The zero-order valence-electron chi connectivity index (χ0n) is 17.5. The number of fused-ring (bicyclic) bond motifs is 1. The van der Waals surface area contributed by atoms with E-state index in [1.165, 1.54) is 4.57 Å². The molecule has 1 unspecified atom stereocenters. The van der Waals surface area contributed by atoms with Crippen LogP contribution in [0.3, 0.4) is 0 Å². The van der Waals surface area contributed by atoms with Crippen LogP contribution in [0.15, 0.2) is 54.0 Å². The smallest absolute Gasteiger partial charge is 0.294 e. The van der Waals surface area contributed by atoms with E-state index in [9.17, 15) is 9.59 Å². The maximum absolute atomic E-state index is 13.5. The van der Waals surface area contributed by atoms with Crippen LogP contribution in [0.25, 0.3) is 10.9 Å². The molecule has 0 saturated carbocycles. The van der Waals surface area contributed by atoms with Gasteiger partial charge in [-0.1, -0.05) is 6.92 Å². The fourth-order valence-electron chi connectivity index (χ4n) is 3.67. The van der Waals surface area contributed by atoms with Crippen molar-refractivity contribution in [3.05, 3.63) is 76.5 Å². The molecule has 0 aliphatic rings. The number of hydrogen-bond donors (Lipinski definition) is 3. The first-order chi connectivity index (χ1) is 15.0. The van der Waals surface area contributed by atoms with Crippen LogP contribution in [0.2, 0.25) is 0 Å². The summed E-state index contributed by atoms with van der Waals surface area (Å²) in [6.07, 6.45) is 9.07. The Hall–Kier alpha value is -4.01. The fraction of sp³-hybridized carbons (Fsp3) is 0.227. The van der Waals surface area contributed by atoms with E-state index in [4.69, 9.17) is 0 Å². The molecule has 4 aromatic heterocycles. The van der Waals surface area contributed by atoms with E-state index in [1.54, 1.807) is 51.0 Å². The number of hydrogen-bond acceptors (Lipinski definition) is 6. The van der Waals surface area contributed by atoms with Crippen molar-refractivity contribution in [1.29, 1.82) is 0 Å². The van der Waals surface area contributed by atoms with Crippen molar-refractivity contribution in [2.24, 2.45) is 0 Å². The van der Waals surface area contributed by atoms with Crippen LogP contribution < -0.4 is 16.2 Å². The molecule has 9 nitrogen and oxygen atoms in total. The number of pyridine rings is 2. The van der Waals surface area contributed by atoms with Gasteiger partial charge in [-0.3, -0.25) is 24.1 Å². The van der Waals surface area contributed by atoms with E-state index < -0.39 is 11.6 Å². The van der Waals surface area contributed by atoms with Gasteiger partial charge in [0.05, 0.1) is 23.1 Å². The molecule has 4 aromatic rings. The fourth-order valence-corrected chi connectivity index (χ4v) is 3.67. The van der Waals surface area contributed by atoms with Gasteiger partial charge in [-0.05, 0) is 31.5 Å². The summed E-state index contributed by atoms with van der Waals surface area (Å²) in [6, 6.07) is 4.58. The average molecular weight is 417 g/mol. The zero-order chi connectivity index (χ0) is 22.0. The number of rotatable bonds is 6. The lowest BCUT2D eigenvalue weighted by atomic mass is 10.0. The Morgan fingerprint density at radius 3 is 2.84 bits per heavy atom. The number of carbonyl (C=O) groups excluding carboxylic acids is 1. The molecule has 4 rings (SSSR count). The zero-order valence-corrected chi connectivity index (χ0v) is 17.5. The molecule has 0 saturated heterocycles. The van der Waals surface area contributed by atoms with E-state index in [1.807, 2.05) is 19.1 Å². The van der Waals surface area contributed by atoms with Crippen LogP contribution in [0, 0.1) is 6.92 Å². The summed E-state index contributed by atoms with van der Waals surface area (Å²) in [6.45, 7) is 3.74. The normalized spacial score (nSPS) is 12.0. The first-order valence-corrected chi connectivity index (χ1v) is 9.96. The quantitative estimate of drug-likeness (QED) is 0.444. The van der Waals surface area contributed by atoms with E-state index in [0.29, 0.717) is 23.4 Å². The summed E-state index contributed by atoms with van der Waals surface area (Å²) in [5.74, 6) is -0.181. The lowest BCUT2D eigenvalue weighted by Gasteiger charge is -2.21. The Kier molecular flexibility index (Phi) is 5.48. The summed E-state index contributed by atoms with van der Waals surface area (Å²) in [4.78, 5) is 42.4. The minimum Gasteiger partial charge on any atom is -0.360 e. The minimum atomic E-state index is -0.878. The molecule has 0 aliphatic heterocycles. The van der Waals surface area contributed by atoms with Gasteiger partial charge in [0.15, 0.2) is 5.82 Å². The van der Waals surface area contributed by atoms with Crippen LogP contribution in [0.1, 0.15) is 29.9 Å². The Labute approximate surface area is 178 Å². The molecule has 158 valence electrons. The summed E-state index contributed by atoms with van der Waals surface area (Å²) >= 11 is 0. The van der Waals surface area contributed by atoms with Gasteiger partial charge in [0.2, 0.25) is 5.91 Å². The van der Waals surface area contributed by atoms with Gasteiger partial charge in [0, 0.05) is 48.5 Å². The van der Waals surface area contributed by atoms with Crippen molar-refractivity contribution >= 4 is 28.3 Å². The number of aromatic nitrogens is 5. The molecule has 1 atom stereocenters. The van der Waals surface area contributed by atoms with Crippen molar-refractivity contribution in [3.63, 3.8) is 0 Å². The van der Waals surface area contributed by atoms with Gasteiger partial charge >= 0.3 is 0 Å². The average Bonchev–Trinajstić information content (AvgIpc) is 3.22. The SMILES string of the molecule is CCc1ncccc1Nc1ncc(C)n(C(C(=O)NC)c2c[nH]c3cnccc23)c1=O. The van der Waals surface area contributed by atoms with E-state index >= 15 is 0 Å². The molecule has 0 aromatic carbocycles. The predicted octanol–water partition coefficient (Wildman–Crippen LogP) is 2.46. The van der Waals surface area contributed by atoms with Gasteiger partial charge < -0.3 is 15.6 Å². The highest BCUT2D eigenvalue weighted by Gasteiger charge is 2.28. The van der Waals surface area contributed by atoms with E-state index in [2.05, 4.69) is 30.6 Å². The van der Waals surface area contributed by atoms with Crippen LogP contribution in [0.4, 0.5) is 11.5 Å². The lowest BCUT2D eigenvalue weighted by Crippen LogP contribution is -2.38. The van der Waals surface area contributed by atoms with Gasteiger partial charge in [-0.15, -0.1) is 0 Å². The Morgan fingerprint density at radius 1 is 1.23 bits per heavy atom. The number of H-pyrrole nitrogens is 1. The first kappa shape index (κ1) is 20.3. The summed E-state index contributed by atoms with van der Waals surface area (Å²) in [5.41, 5.74) is 3.15. The van der Waals surface area contributed by atoms with E-state index in [-0.39, 0.29) is 11.7 Å². The van der Waals surface area contributed by atoms with Crippen molar-refractivity contribution in [3.8, 4) is 0 Å². The number of carbonyl (C=O) groups is 1. The Balaban J connectivity index is 1.87. The van der Waals surface area contributed by atoms with Crippen LogP contribution in [-0.2, 0) is 11.2 Å². The predicted molar refractivity (Wildman–Crippen MR) is 118 cm³/mol. The highest BCUT2D eigenvalue weighted by molar-refractivity contribution is 5.91. The van der Waals surface area contributed by atoms with Gasteiger partial charge in [0.1, 0.15) is 6.04 Å². The molecule has 31 heavy (non-hydrogen) atoms. The third kappa shape index (κ3) is 3.65. The Morgan fingerprint density at radius 2 is 2.06 bits per heavy atom. The second-order valence-corrected chi connectivity index (χ2v) is 7.08. The second-order valence-electron chi connectivity index (χ2n) is 7.08. The maximum atomic E-state index is 13.5. The molecule has 4 heterocycles. The van der Waals surface area contributed by atoms with Crippen molar-refractivity contribution in [2.45, 2.75) is 26.3 Å². The highest BCUT2D eigenvalue weighted by Crippen LogP contribution is 2.27. The molecular weight excluding hydrogens is 394 g/mol. The molecule has 0 radical (unpaired) electrons. The van der Waals surface area contributed by atoms with Crippen LogP contribution in [-0.4, -0.2) is 37.5 Å². The number of amides is 1. The third-order valence-corrected chi connectivity index (χ3v) is 5.22. The topological polar surface area (TPSA) is 118 Å². The standard InChI is InChI=1S/C22H23N7O2/c1-4-16-17(6-5-8-25-16)28-20-22(31)29(13(2)10-27-20)19(21(30)23-3)15-11-26-18-12-24-9-7-14(15)18/h5-12,19,26H,4H2,1-3H3,(H,23,30)(H,27,28). The first-order valence-electron chi connectivity index (χ1n) is 9.96. The Bertz CT molecular complexity index is 1310. The number of aryl methyl sites for hydroxylation is 2. The monoisotopic (exact) mass is 417 g/mol. The highest BCUT2D eigenvalue weighted by atomic mass is 16.2. The number of aromatic amines is 1. The molecule has 0 fully saturated rings. The van der Waals surface area contributed by atoms with Crippen molar-refractivity contribution < 1.29 is 4.79 Å². The van der Waals surface area contributed by atoms with Crippen molar-refractivity contribution in [1.82, 2.24) is 29.8 Å². The minimum absolute atomic E-state index is 0.128. The second kappa shape index (κ2) is 8.39. The molecule has 9 heteroatoms. The maximum Gasteiger partial charge on any atom is 0.294 e. The van der Waals surface area contributed by atoms with Crippen LogP contribution in [0.5, 0.6) is 0 Å². The van der Waals surface area contributed by atoms with Crippen molar-refractivity contribution in [2.75, 3.05) is 12.4 Å².